The monoisotopic (exact) mass is 280 g/mol. The Balaban J connectivity index is 2.04. The van der Waals surface area contributed by atoms with Gasteiger partial charge in [0.2, 0.25) is 0 Å². The molecule has 0 bridgehead atoms. The number of anilines is 1. The van der Waals surface area contributed by atoms with Crippen molar-refractivity contribution in [3.8, 4) is 5.75 Å². The molecule has 4 heteroatoms. The van der Waals surface area contributed by atoms with Crippen molar-refractivity contribution in [3.63, 3.8) is 0 Å². The lowest BCUT2D eigenvalue weighted by molar-refractivity contribution is 0.0707. The first-order valence-electron chi connectivity index (χ1n) is 6.77. The van der Waals surface area contributed by atoms with Crippen LogP contribution >= 0.6 is 0 Å². The van der Waals surface area contributed by atoms with Crippen molar-refractivity contribution in [2.75, 3.05) is 11.9 Å². The Kier molecular flexibility index (Phi) is 3.36. The van der Waals surface area contributed by atoms with E-state index in [-0.39, 0.29) is 17.8 Å². The molecule has 2 aromatic rings. The zero-order valence-corrected chi connectivity index (χ0v) is 11.5. The quantitative estimate of drug-likeness (QED) is 0.849. The first-order chi connectivity index (χ1) is 10.2. The zero-order valence-electron chi connectivity index (χ0n) is 11.5. The van der Waals surface area contributed by atoms with Crippen LogP contribution < -0.4 is 5.32 Å². The van der Waals surface area contributed by atoms with Crippen LogP contribution in [0.1, 0.15) is 22.1 Å². The Labute approximate surface area is 123 Å². The summed E-state index contributed by atoms with van der Waals surface area (Å²) in [5.74, 6) is 0.180. The van der Waals surface area contributed by atoms with E-state index >= 15 is 0 Å². The van der Waals surface area contributed by atoms with Gasteiger partial charge in [0.15, 0.2) is 0 Å². The minimum Gasteiger partial charge on any atom is -0.508 e. The highest BCUT2D eigenvalue weighted by Gasteiger charge is 2.31. The van der Waals surface area contributed by atoms with E-state index in [0.717, 1.165) is 11.3 Å². The molecule has 3 rings (SSSR count). The van der Waals surface area contributed by atoms with E-state index in [9.17, 15) is 9.90 Å². The molecule has 1 aliphatic heterocycles. The molecule has 1 heterocycles. The van der Waals surface area contributed by atoms with Crippen LogP contribution in [0.5, 0.6) is 5.75 Å². The number of hydrogen-bond acceptors (Lipinski definition) is 3. The van der Waals surface area contributed by atoms with Crippen LogP contribution in [0, 0.1) is 0 Å². The molecule has 1 unspecified atom stereocenters. The smallest absolute Gasteiger partial charge is 0.258 e. The van der Waals surface area contributed by atoms with Gasteiger partial charge in [-0.25, -0.2) is 0 Å². The average molecular weight is 280 g/mol. The fourth-order valence-electron chi connectivity index (χ4n) is 2.54. The van der Waals surface area contributed by atoms with Gasteiger partial charge in [0.1, 0.15) is 11.9 Å². The maximum atomic E-state index is 12.6. The van der Waals surface area contributed by atoms with E-state index in [4.69, 9.17) is 0 Å². The normalized spacial score (nSPS) is 17.0. The average Bonchev–Trinajstić information content (AvgIpc) is 2.51. The van der Waals surface area contributed by atoms with E-state index in [1.807, 2.05) is 36.4 Å². The number of phenols is 1. The fourth-order valence-corrected chi connectivity index (χ4v) is 2.54. The first kappa shape index (κ1) is 13.2. The maximum Gasteiger partial charge on any atom is 0.258 e. The van der Waals surface area contributed by atoms with Crippen molar-refractivity contribution in [3.05, 3.63) is 72.3 Å². The lowest BCUT2D eigenvalue weighted by Gasteiger charge is -2.37. The number of carbonyl (C=O) groups is 1. The van der Waals surface area contributed by atoms with Crippen LogP contribution in [-0.4, -0.2) is 22.5 Å². The number of aromatic hydroxyl groups is 1. The third-order valence-corrected chi connectivity index (χ3v) is 3.56. The zero-order chi connectivity index (χ0) is 14.8. The van der Waals surface area contributed by atoms with Crippen molar-refractivity contribution in [1.82, 2.24) is 4.90 Å². The summed E-state index contributed by atoms with van der Waals surface area (Å²) in [6.07, 6.45) is 1.44. The lowest BCUT2D eigenvalue weighted by Crippen LogP contribution is -2.42. The summed E-state index contributed by atoms with van der Waals surface area (Å²) in [5, 5.41) is 12.8. The number of hydrogen-bond donors (Lipinski definition) is 2. The third-order valence-electron chi connectivity index (χ3n) is 3.56. The van der Waals surface area contributed by atoms with E-state index in [0.29, 0.717) is 12.1 Å². The molecule has 2 N–H and O–H groups in total. The van der Waals surface area contributed by atoms with Gasteiger partial charge in [-0.3, -0.25) is 4.79 Å². The molecule has 4 nitrogen and oxygen atoms in total. The summed E-state index contributed by atoms with van der Waals surface area (Å²) in [7, 11) is 0. The Morgan fingerprint density at radius 2 is 1.90 bits per heavy atom. The van der Waals surface area contributed by atoms with Gasteiger partial charge in [0, 0.05) is 12.2 Å². The molecule has 0 aromatic heterocycles. The summed E-state index contributed by atoms with van der Waals surface area (Å²) < 4.78 is 0. The number of phenolic OH excluding ortho intramolecular Hbond substituents is 1. The minimum absolute atomic E-state index is 0.0256. The Morgan fingerprint density at radius 3 is 2.62 bits per heavy atom. The number of para-hydroxylation sites is 1. The molecular weight excluding hydrogens is 264 g/mol. The number of amides is 1. The van der Waals surface area contributed by atoms with Crippen LogP contribution in [0.3, 0.4) is 0 Å². The number of nitrogens with one attached hydrogen (secondary N) is 1. The second-order valence-electron chi connectivity index (χ2n) is 4.93. The molecule has 0 saturated heterocycles. The molecule has 0 aliphatic carbocycles. The summed E-state index contributed by atoms with van der Waals surface area (Å²) in [6, 6.07) is 14.3. The highest BCUT2D eigenvalue weighted by Crippen LogP contribution is 2.33. The summed E-state index contributed by atoms with van der Waals surface area (Å²) >= 11 is 0. The molecule has 1 aliphatic rings. The van der Waals surface area contributed by atoms with Gasteiger partial charge in [-0.2, -0.15) is 0 Å². The van der Waals surface area contributed by atoms with Crippen molar-refractivity contribution >= 4 is 11.6 Å². The van der Waals surface area contributed by atoms with Crippen LogP contribution in [0.2, 0.25) is 0 Å². The predicted octanol–water partition coefficient (Wildman–Crippen LogP) is 3.14. The van der Waals surface area contributed by atoms with Gasteiger partial charge in [-0.1, -0.05) is 30.3 Å². The summed E-state index contributed by atoms with van der Waals surface area (Å²) in [6.45, 7) is 4.18. The van der Waals surface area contributed by atoms with E-state index < -0.39 is 0 Å². The molecule has 0 fully saturated rings. The van der Waals surface area contributed by atoms with Gasteiger partial charge in [-0.05, 0) is 29.8 Å². The van der Waals surface area contributed by atoms with Gasteiger partial charge in [0.05, 0.1) is 5.56 Å². The van der Waals surface area contributed by atoms with Crippen LogP contribution in [0.15, 0.2) is 61.2 Å². The molecule has 1 amide bonds. The largest absolute Gasteiger partial charge is 0.508 e. The molecular formula is C17H16N2O2. The topological polar surface area (TPSA) is 52.6 Å². The minimum atomic E-state index is -0.272. The number of benzene rings is 2. The third kappa shape index (κ3) is 2.36. The molecule has 2 aromatic carbocycles. The summed E-state index contributed by atoms with van der Waals surface area (Å²) in [5.41, 5.74) is 2.40. The molecule has 0 spiro atoms. The van der Waals surface area contributed by atoms with E-state index in [2.05, 4.69) is 11.9 Å². The van der Waals surface area contributed by atoms with Gasteiger partial charge in [-0.15, -0.1) is 6.58 Å². The number of nitrogens with zero attached hydrogens (tertiary/aromatic N) is 1. The number of carbonyl (C=O) groups excluding carboxylic acids is 1. The molecule has 0 radical (unpaired) electrons. The van der Waals surface area contributed by atoms with Crippen LogP contribution in [-0.2, 0) is 0 Å². The Morgan fingerprint density at radius 1 is 1.19 bits per heavy atom. The van der Waals surface area contributed by atoms with Gasteiger partial charge in [0.25, 0.3) is 5.91 Å². The van der Waals surface area contributed by atoms with Crippen molar-refractivity contribution < 1.29 is 9.90 Å². The van der Waals surface area contributed by atoms with Crippen LogP contribution in [0.25, 0.3) is 0 Å². The Hall–Kier alpha value is -2.75. The summed E-state index contributed by atoms with van der Waals surface area (Å²) in [4.78, 5) is 14.4. The maximum absolute atomic E-state index is 12.6. The number of rotatable bonds is 3. The lowest BCUT2D eigenvalue weighted by atomic mass is 10.0. The van der Waals surface area contributed by atoms with Gasteiger partial charge >= 0.3 is 0 Å². The standard InChI is InChI=1S/C17H16N2O2/c1-2-11-19-16(12-7-9-13(20)10-8-12)18-15-6-4-3-5-14(15)17(19)21/h2-10,16,18,20H,1,11H2. The second kappa shape index (κ2) is 5.32. The van der Waals surface area contributed by atoms with Crippen molar-refractivity contribution in [2.45, 2.75) is 6.17 Å². The molecule has 0 saturated carbocycles. The van der Waals surface area contributed by atoms with Crippen LogP contribution in [0.4, 0.5) is 5.69 Å². The predicted molar refractivity (Wildman–Crippen MR) is 82.1 cm³/mol. The highest BCUT2D eigenvalue weighted by atomic mass is 16.3. The Bertz CT molecular complexity index is 679. The van der Waals surface area contributed by atoms with Gasteiger partial charge < -0.3 is 15.3 Å². The molecule has 1 atom stereocenters. The van der Waals surface area contributed by atoms with E-state index in [1.165, 1.54) is 0 Å². The fraction of sp³-hybridized carbons (Fsp3) is 0.118. The highest BCUT2D eigenvalue weighted by molar-refractivity contribution is 6.01. The van der Waals surface area contributed by atoms with Crippen molar-refractivity contribution in [2.24, 2.45) is 0 Å². The van der Waals surface area contributed by atoms with Crippen molar-refractivity contribution in [1.29, 1.82) is 0 Å². The molecule has 21 heavy (non-hydrogen) atoms. The number of fused-ring (bicyclic) bond motifs is 1. The second-order valence-corrected chi connectivity index (χ2v) is 4.93. The first-order valence-corrected chi connectivity index (χ1v) is 6.77. The SMILES string of the molecule is C=CCN1C(=O)c2ccccc2NC1c1ccc(O)cc1. The van der Waals surface area contributed by atoms with E-state index in [1.54, 1.807) is 23.1 Å². The molecule has 106 valence electrons.